The van der Waals surface area contributed by atoms with E-state index in [2.05, 4.69) is 55.1 Å². The van der Waals surface area contributed by atoms with Crippen LogP contribution in [0.1, 0.15) is 43.1 Å². The fourth-order valence-electron chi connectivity index (χ4n) is 5.71. The number of aromatic nitrogens is 3. The van der Waals surface area contributed by atoms with Crippen molar-refractivity contribution < 1.29 is 14.6 Å². The van der Waals surface area contributed by atoms with Crippen LogP contribution in [0, 0.1) is 12.3 Å². The average molecular weight is 418 g/mol. The van der Waals surface area contributed by atoms with Crippen LogP contribution in [-0.2, 0) is 20.5 Å². The Labute approximate surface area is 180 Å². The molecule has 1 aromatic carbocycles. The SMILES string of the molecule is Cc1cc(N2CC[C@](C)(c3ccccc3)C2)cn2nc(C34CC(C(=O)O)(CO3)C4)nc12. The van der Waals surface area contributed by atoms with Crippen LogP contribution in [0.2, 0.25) is 0 Å². The second-order valence-corrected chi connectivity index (χ2v) is 9.91. The molecular weight excluding hydrogens is 392 g/mol. The lowest BCUT2D eigenvalue weighted by molar-refractivity contribution is -0.154. The third kappa shape index (κ3) is 2.59. The highest BCUT2D eigenvalue weighted by Crippen LogP contribution is 2.62. The van der Waals surface area contributed by atoms with Crippen molar-refractivity contribution in [3.8, 4) is 0 Å². The summed E-state index contributed by atoms with van der Waals surface area (Å²) < 4.78 is 7.75. The van der Waals surface area contributed by atoms with Gasteiger partial charge in [-0.05, 0) is 30.5 Å². The van der Waals surface area contributed by atoms with Gasteiger partial charge >= 0.3 is 5.97 Å². The second-order valence-electron chi connectivity index (χ2n) is 9.91. The lowest BCUT2D eigenvalue weighted by Crippen LogP contribution is -2.47. The van der Waals surface area contributed by atoms with Crippen LogP contribution in [0.3, 0.4) is 0 Å². The minimum atomic E-state index is -0.779. The van der Waals surface area contributed by atoms with Crippen LogP contribution in [0.5, 0.6) is 0 Å². The lowest BCUT2D eigenvalue weighted by atomic mass is 9.62. The van der Waals surface area contributed by atoms with Gasteiger partial charge in [0.05, 0.1) is 23.9 Å². The molecule has 160 valence electrons. The lowest BCUT2D eigenvalue weighted by Gasteiger charge is -2.39. The number of pyridine rings is 1. The van der Waals surface area contributed by atoms with Gasteiger partial charge in [0.25, 0.3) is 0 Å². The summed E-state index contributed by atoms with van der Waals surface area (Å²) >= 11 is 0. The van der Waals surface area contributed by atoms with Crippen molar-refractivity contribution in [3.05, 3.63) is 59.5 Å². The molecule has 7 nitrogen and oxygen atoms in total. The number of hydrogen-bond donors (Lipinski definition) is 1. The number of hydrogen-bond acceptors (Lipinski definition) is 5. The first-order chi connectivity index (χ1) is 14.8. The number of benzene rings is 1. The zero-order chi connectivity index (χ0) is 21.4. The summed E-state index contributed by atoms with van der Waals surface area (Å²) in [4.78, 5) is 18.8. The van der Waals surface area contributed by atoms with E-state index < -0.39 is 17.0 Å². The Morgan fingerprint density at radius 2 is 2.00 bits per heavy atom. The molecular formula is C24H26N4O3. The van der Waals surface area contributed by atoms with Crippen molar-refractivity contribution in [2.24, 2.45) is 5.41 Å². The molecule has 0 radical (unpaired) electrons. The van der Waals surface area contributed by atoms with E-state index in [-0.39, 0.29) is 12.0 Å². The molecule has 2 bridgehead atoms. The Morgan fingerprint density at radius 1 is 1.23 bits per heavy atom. The van der Waals surface area contributed by atoms with Crippen molar-refractivity contribution in [1.29, 1.82) is 0 Å². The van der Waals surface area contributed by atoms with E-state index in [1.165, 1.54) is 5.56 Å². The molecule has 2 aromatic heterocycles. The van der Waals surface area contributed by atoms with Gasteiger partial charge in [0, 0.05) is 31.3 Å². The summed E-state index contributed by atoms with van der Waals surface area (Å²) in [6, 6.07) is 12.9. The monoisotopic (exact) mass is 418 g/mol. The van der Waals surface area contributed by atoms with Gasteiger partial charge in [0.15, 0.2) is 11.5 Å². The van der Waals surface area contributed by atoms with Gasteiger partial charge in [-0.1, -0.05) is 37.3 Å². The zero-order valence-corrected chi connectivity index (χ0v) is 17.8. The number of aryl methyl sites for hydroxylation is 1. The van der Waals surface area contributed by atoms with E-state index in [9.17, 15) is 9.90 Å². The van der Waals surface area contributed by atoms with Crippen molar-refractivity contribution in [2.75, 3.05) is 24.6 Å². The number of aliphatic carboxylic acids is 1. The summed E-state index contributed by atoms with van der Waals surface area (Å²) in [5.74, 6) is -0.170. The number of ether oxygens (including phenoxy) is 1. The number of rotatable bonds is 4. The Balaban J connectivity index is 1.30. The van der Waals surface area contributed by atoms with Gasteiger partial charge in [-0.2, -0.15) is 0 Å². The molecule has 0 spiro atoms. The van der Waals surface area contributed by atoms with E-state index in [1.54, 1.807) is 0 Å². The van der Waals surface area contributed by atoms with Crippen LogP contribution >= 0.6 is 0 Å². The molecule has 0 unspecified atom stereocenters. The number of carboxylic acid groups (broad SMARTS) is 1. The second kappa shape index (κ2) is 6.07. The third-order valence-corrected chi connectivity index (χ3v) is 7.65. The van der Waals surface area contributed by atoms with E-state index in [0.717, 1.165) is 36.4 Å². The molecule has 1 aliphatic carbocycles. The Bertz CT molecular complexity index is 1200. The molecule has 3 saturated heterocycles. The molecule has 0 amide bonds. The number of carboxylic acids is 1. The first-order valence-corrected chi connectivity index (χ1v) is 10.9. The molecule has 1 saturated carbocycles. The van der Waals surface area contributed by atoms with Crippen molar-refractivity contribution >= 4 is 17.3 Å². The summed E-state index contributed by atoms with van der Waals surface area (Å²) in [5, 5.41) is 14.2. The molecule has 1 atom stereocenters. The Hall–Kier alpha value is -2.93. The normalized spacial score (nSPS) is 31.9. The summed E-state index contributed by atoms with van der Waals surface area (Å²) in [6.07, 6.45) is 4.06. The summed E-state index contributed by atoms with van der Waals surface area (Å²) in [6.45, 7) is 6.58. The van der Waals surface area contributed by atoms with Crippen molar-refractivity contribution in [2.45, 2.75) is 44.1 Å². The predicted octanol–water partition coefficient (Wildman–Crippen LogP) is 3.30. The fourth-order valence-corrected chi connectivity index (χ4v) is 5.71. The number of carbonyl (C=O) groups is 1. The molecule has 7 heteroatoms. The fraction of sp³-hybridized carbons (Fsp3) is 0.458. The van der Waals surface area contributed by atoms with E-state index in [4.69, 9.17) is 14.8 Å². The summed E-state index contributed by atoms with van der Waals surface area (Å²) in [7, 11) is 0. The zero-order valence-electron chi connectivity index (χ0n) is 17.8. The van der Waals surface area contributed by atoms with Crippen LogP contribution in [0.15, 0.2) is 42.6 Å². The molecule has 7 rings (SSSR count). The minimum absolute atomic E-state index is 0.125. The molecule has 3 aliphatic heterocycles. The van der Waals surface area contributed by atoms with Crippen molar-refractivity contribution in [1.82, 2.24) is 14.6 Å². The average Bonchev–Trinajstić information content (AvgIpc) is 3.49. The highest BCUT2D eigenvalue weighted by Gasteiger charge is 2.69. The van der Waals surface area contributed by atoms with Gasteiger partial charge in [-0.3, -0.25) is 4.79 Å². The largest absolute Gasteiger partial charge is 0.481 e. The predicted molar refractivity (Wildman–Crippen MR) is 115 cm³/mol. The quantitative estimate of drug-likeness (QED) is 0.700. The molecule has 3 aromatic rings. The molecule has 4 aliphatic rings. The number of anilines is 1. The molecule has 31 heavy (non-hydrogen) atoms. The van der Waals surface area contributed by atoms with Crippen LogP contribution in [0.4, 0.5) is 5.69 Å². The molecule has 1 N–H and O–H groups in total. The van der Waals surface area contributed by atoms with Gasteiger partial charge < -0.3 is 14.7 Å². The highest BCUT2D eigenvalue weighted by molar-refractivity contribution is 5.77. The Kier molecular flexibility index (Phi) is 3.68. The van der Waals surface area contributed by atoms with E-state index in [0.29, 0.717) is 18.7 Å². The molecule has 5 heterocycles. The van der Waals surface area contributed by atoms with Crippen LogP contribution in [-0.4, -0.2) is 45.4 Å². The number of fused-ring (bicyclic) bond motifs is 2. The van der Waals surface area contributed by atoms with Crippen molar-refractivity contribution in [3.63, 3.8) is 0 Å². The van der Waals surface area contributed by atoms with E-state index in [1.807, 2.05) is 10.7 Å². The highest BCUT2D eigenvalue weighted by atomic mass is 16.5. The Morgan fingerprint density at radius 3 is 2.71 bits per heavy atom. The van der Waals surface area contributed by atoms with E-state index >= 15 is 0 Å². The first-order valence-electron chi connectivity index (χ1n) is 10.9. The maximum Gasteiger partial charge on any atom is 0.312 e. The topological polar surface area (TPSA) is 80.0 Å². The number of nitrogens with zero attached hydrogens (tertiary/aromatic N) is 4. The van der Waals surface area contributed by atoms with Gasteiger partial charge in [-0.25, -0.2) is 9.50 Å². The van der Waals surface area contributed by atoms with Crippen LogP contribution < -0.4 is 4.90 Å². The van der Waals surface area contributed by atoms with Crippen LogP contribution in [0.25, 0.3) is 5.65 Å². The smallest absolute Gasteiger partial charge is 0.312 e. The van der Waals surface area contributed by atoms with Gasteiger partial charge in [0.1, 0.15) is 5.60 Å². The minimum Gasteiger partial charge on any atom is -0.481 e. The first kappa shape index (κ1) is 18.8. The van der Waals surface area contributed by atoms with Gasteiger partial charge in [-0.15, -0.1) is 5.10 Å². The van der Waals surface area contributed by atoms with Gasteiger partial charge in [0.2, 0.25) is 0 Å². The maximum absolute atomic E-state index is 11.6. The third-order valence-electron chi connectivity index (χ3n) is 7.65. The molecule has 4 fully saturated rings. The maximum atomic E-state index is 11.6. The standard InChI is InChI=1S/C24H26N4O3/c1-16-10-18(27-9-8-22(2,14-27)17-6-4-3-5-7-17)11-28-19(16)25-20(26-28)24-12-23(13-24,15-31-24)21(29)30/h3-7,10-11H,8-9,12-15H2,1-2H3,(H,29,30)/t22-,23?,24?/m0/s1. The summed E-state index contributed by atoms with van der Waals surface area (Å²) in [5.41, 5.74) is 3.11.